The van der Waals surface area contributed by atoms with Crippen LogP contribution in [0.1, 0.15) is 12.0 Å². The summed E-state index contributed by atoms with van der Waals surface area (Å²) in [6.07, 6.45) is 1.30. The van der Waals surface area contributed by atoms with E-state index < -0.39 is 0 Å². The average Bonchev–Trinajstić information content (AvgIpc) is 2.91. The van der Waals surface area contributed by atoms with Gasteiger partial charge >= 0.3 is 0 Å². The molecule has 2 bridgehead atoms. The number of nitrogens with two attached hydrogens (primary N) is 1. The predicted octanol–water partition coefficient (Wildman–Crippen LogP) is 0.696. The standard InChI is InChI=1S/C12H17N3/c13-6-9-1-3-11(4-2-9)15-8-10-5-12(15)7-14-10/h1-4,10,12,14H,5-8,13H2. The predicted molar refractivity (Wildman–Crippen MR) is 61.9 cm³/mol. The van der Waals surface area contributed by atoms with Crippen molar-refractivity contribution >= 4 is 5.69 Å². The molecule has 3 nitrogen and oxygen atoms in total. The lowest BCUT2D eigenvalue weighted by Gasteiger charge is -2.29. The first-order valence-corrected chi connectivity index (χ1v) is 5.66. The van der Waals surface area contributed by atoms with Gasteiger partial charge in [0.05, 0.1) is 0 Å². The maximum atomic E-state index is 5.59. The fourth-order valence-electron chi connectivity index (χ4n) is 2.70. The Morgan fingerprint density at radius 2 is 2.13 bits per heavy atom. The molecule has 2 heterocycles. The smallest absolute Gasteiger partial charge is 0.0430 e. The number of nitrogens with one attached hydrogen (secondary N) is 1. The van der Waals surface area contributed by atoms with Crippen LogP contribution in [0.2, 0.25) is 0 Å². The molecule has 0 aromatic heterocycles. The van der Waals surface area contributed by atoms with Crippen molar-refractivity contribution in [2.75, 3.05) is 18.0 Å². The highest BCUT2D eigenvalue weighted by Gasteiger charge is 2.37. The van der Waals surface area contributed by atoms with Crippen LogP contribution in [-0.2, 0) is 6.54 Å². The molecule has 3 rings (SSSR count). The Morgan fingerprint density at radius 1 is 1.33 bits per heavy atom. The summed E-state index contributed by atoms with van der Waals surface area (Å²) in [5.41, 5.74) is 8.15. The number of fused-ring (bicyclic) bond motifs is 2. The number of benzene rings is 1. The van der Waals surface area contributed by atoms with Gasteiger partial charge in [0.2, 0.25) is 0 Å². The molecular formula is C12H17N3. The molecular weight excluding hydrogens is 186 g/mol. The maximum absolute atomic E-state index is 5.59. The Balaban J connectivity index is 1.81. The third kappa shape index (κ3) is 1.52. The normalized spacial score (nSPS) is 28.7. The van der Waals surface area contributed by atoms with Crippen molar-refractivity contribution < 1.29 is 0 Å². The summed E-state index contributed by atoms with van der Waals surface area (Å²) in [5.74, 6) is 0. The molecule has 3 N–H and O–H groups in total. The Labute approximate surface area is 90.3 Å². The minimum atomic E-state index is 0.633. The molecule has 0 amide bonds. The number of piperazine rings is 1. The molecule has 3 heteroatoms. The van der Waals surface area contributed by atoms with E-state index in [-0.39, 0.29) is 0 Å². The molecule has 15 heavy (non-hydrogen) atoms. The van der Waals surface area contributed by atoms with Crippen molar-refractivity contribution in [2.24, 2.45) is 5.73 Å². The van der Waals surface area contributed by atoms with Gasteiger partial charge in [0, 0.05) is 37.4 Å². The van der Waals surface area contributed by atoms with E-state index in [0.717, 1.165) is 13.1 Å². The zero-order valence-electron chi connectivity index (χ0n) is 8.82. The van der Waals surface area contributed by atoms with Crippen LogP contribution < -0.4 is 16.0 Å². The summed E-state index contributed by atoms with van der Waals surface area (Å²) in [6, 6.07) is 10.1. The van der Waals surface area contributed by atoms with Crippen LogP contribution in [0.4, 0.5) is 5.69 Å². The average molecular weight is 203 g/mol. The summed E-state index contributed by atoms with van der Waals surface area (Å²) in [6.45, 7) is 2.93. The van der Waals surface area contributed by atoms with Gasteiger partial charge < -0.3 is 16.0 Å². The van der Waals surface area contributed by atoms with Gasteiger partial charge in [0.25, 0.3) is 0 Å². The zero-order chi connectivity index (χ0) is 10.3. The summed E-state index contributed by atoms with van der Waals surface area (Å²) < 4.78 is 0. The molecule has 2 atom stereocenters. The van der Waals surface area contributed by atoms with Gasteiger partial charge in [-0.25, -0.2) is 0 Å². The van der Waals surface area contributed by atoms with Gasteiger partial charge in [-0.2, -0.15) is 0 Å². The van der Waals surface area contributed by atoms with Gasteiger partial charge in [-0.05, 0) is 24.1 Å². The third-order valence-corrected chi connectivity index (χ3v) is 3.56. The van der Waals surface area contributed by atoms with Crippen LogP contribution in [0.15, 0.2) is 24.3 Å². The van der Waals surface area contributed by atoms with Crippen LogP contribution in [0.5, 0.6) is 0 Å². The molecule has 2 saturated heterocycles. The second kappa shape index (κ2) is 3.51. The van der Waals surface area contributed by atoms with Crippen molar-refractivity contribution in [3.8, 4) is 0 Å². The highest BCUT2D eigenvalue weighted by molar-refractivity contribution is 5.51. The molecule has 1 aromatic rings. The Kier molecular flexibility index (Phi) is 2.15. The van der Waals surface area contributed by atoms with E-state index in [9.17, 15) is 0 Å². The molecule has 0 spiro atoms. The van der Waals surface area contributed by atoms with E-state index in [1.54, 1.807) is 0 Å². The second-order valence-electron chi connectivity index (χ2n) is 4.52. The molecule has 0 aliphatic carbocycles. The molecule has 2 fully saturated rings. The number of rotatable bonds is 2. The highest BCUT2D eigenvalue weighted by atomic mass is 15.3. The molecule has 0 saturated carbocycles. The fraction of sp³-hybridized carbons (Fsp3) is 0.500. The molecule has 80 valence electrons. The molecule has 2 aliphatic heterocycles. The Bertz CT molecular complexity index is 346. The van der Waals surface area contributed by atoms with Crippen LogP contribution >= 0.6 is 0 Å². The lowest BCUT2D eigenvalue weighted by molar-refractivity contribution is 0.580. The van der Waals surface area contributed by atoms with Crippen molar-refractivity contribution in [3.63, 3.8) is 0 Å². The van der Waals surface area contributed by atoms with Crippen LogP contribution in [0, 0.1) is 0 Å². The molecule has 0 radical (unpaired) electrons. The molecule has 1 aromatic carbocycles. The Hall–Kier alpha value is -1.06. The summed E-state index contributed by atoms with van der Waals surface area (Å²) in [5, 5.41) is 3.52. The molecule has 2 aliphatic rings. The minimum Gasteiger partial charge on any atom is -0.366 e. The third-order valence-electron chi connectivity index (χ3n) is 3.56. The summed E-state index contributed by atoms with van der Waals surface area (Å²) >= 11 is 0. The zero-order valence-corrected chi connectivity index (χ0v) is 8.82. The first kappa shape index (κ1) is 9.19. The van der Waals surface area contributed by atoms with Crippen molar-refractivity contribution in [1.29, 1.82) is 0 Å². The number of nitrogens with zero attached hydrogens (tertiary/aromatic N) is 1. The van der Waals surface area contributed by atoms with E-state index in [4.69, 9.17) is 5.73 Å². The lowest BCUT2D eigenvalue weighted by atomic mass is 10.2. The largest absolute Gasteiger partial charge is 0.366 e. The van der Waals surface area contributed by atoms with Crippen LogP contribution in [0.3, 0.4) is 0 Å². The monoisotopic (exact) mass is 203 g/mol. The van der Waals surface area contributed by atoms with Gasteiger partial charge in [0.1, 0.15) is 0 Å². The summed E-state index contributed by atoms with van der Waals surface area (Å²) in [4.78, 5) is 2.52. The van der Waals surface area contributed by atoms with E-state index in [1.807, 2.05) is 0 Å². The number of hydrogen-bond donors (Lipinski definition) is 2. The van der Waals surface area contributed by atoms with Gasteiger partial charge in [-0.3, -0.25) is 0 Å². The first-order valence-electron chi connectivity index (χ1n) is 5.66. The SMILES string of the molecule is NCc1ccc(N2CC3CC2CN3)cc1. The van der Waals surface area contributed by atoms with Crippen LogP contribution in [-0.4, -0.2) is 25.2 Å². The van der Waals surface area contributed by atoms with Crippen molar-refractivity contribution in [3.05, 3.63) is 29.8 Å². The quantitative estimate of drug-likeness (QED) is 0.743. The van der Waals surface area contributed by atoms with E-state index in [0.29, 0.717) is 18.6 Å². The minimum absolute atomic E-state index is 0.633. The van der Waals surface area contributed by atoms with Crippen LogP contribution in [0.25, 0.3) is 0 Å². The first-order chi connectivity index (χ1) is 7.36. The van der Waals surface area contributed by atoms with E-state index >= 15 is 0 Å². The van der Waals surface area contributed by atoms with Crippen molar-refractivity contribution in [2.45, 2.75) is 25.0 Å². The molecule has 2 unspecified atom stereocenters. The van der Waals surface area contributed by atoms with Gasteiger partial charge in [-0.15, -0.1) is 0 Å². The second-order valence-corrected chi connectivity index (χ2v) is 4.52. The number of hydrogen-bond acceptors (Lipinski definition) is 3. The van der Waals surface area contributed by atoms with E-state index in [2.05, 4.69) is 34.5 Å². The topological polar surface area (TPSA) is 41.3 Å². The summed E-state index contributed by atoms with van der Waals surface area (Å²) in [7, 11) is 0. The van der Waals surface area contributed by atoms with E-state index in [1.165, 1.54) is 17.7 Å². The maximum Gasteiger partial charge on any atom is 0.0430 e. The Morgan fingerprint density at radius 3 is 2.67 bits per heavy atom. The van der Waals surface area contributed by atoms with Gasteiger partial charge in [-0.1, -0.05) is 12.1 Å². The number of anilines is 1. The van der Waals surface area contributed by atoms with Gasteiger partial charge in [0.15, 0.2) is 0 Å². The van der Waals surface area contributed by atoms with Crippen molar-refractivity contribution in [1.82, 2.24) is 5.32 Å². The lowest BCUT2D eigenvalue weighted by Crippen LogP contribution is -2.43. The fourth-order valence-corrected chi connectivity index (χ4v) is 2.70. The highest BCUT2D eigenvalue weighted by Crippen LogP contribution is 2.29.